The van der Waals surface area contributed by atoms with Crippen LogP contribution in [0, 0.1) is 0 Å². The zero-order valence-corrected chi connectivity index (χ0v) is 10.4. The van der Waals surface area contributed by atoms with Gasteiger partial charge in [-0.05, 0) is 18.9 Å². The number of aliphatic carboxylic acids is 1. The van der Waals surface area contributed by atoms with Gasteiger partial charge >= 0.3 is 5.97 Å². The summed E-state index contributed by atoms with van der Waals surface area (Å²) in [4.78, 5) is 10.5. The lowest BCUT2D eigenvalue weighted by atomic mass is 10.3. The van der Waals surface area contributed by atoms with Crippen LogP contribution in [0.1, 0.15) is 12.5 Å². The summed E-state index contributed by atoms with van der Waals surface area (Å²) in [5.74, 6) is -1.36. The Kier molecular flexibility index (Phi) is 4.24. The van der Waals surface area contributed by atoms with Crippen molar-refractivity contribution in [2.75, 3.05) is 6.54 Å². The summed E-state index contributed by atoms with van der Waals surface area (Å²) in [6.45, 7) is 1.29. The number of aromatic nitrogens is 2. The second-order valence-corrected chi connectivity index (χ2v) is 5.78. The van der Waals surface area contributed by atoms with Crippen LogP contribution in [-0.4, -0.2) is 41.1 Å². The minimum absolute atomic E-state index is 0.158. The first-order chi connectivity index (χ1) is 7.83. The summed E-state index contributed by atoms with van der Waals surface area (Å²) in [6.07, 6.45) is 3.88. The Labute approximate surface area is 99.5 Å². The largest absolute Gasteiger partial charge is 0.480 e. The van der Waals surface area contributed by atoms with Crippen LogP contribution in [0.3, 0.4) is 0 Å². The third-order valence-corrected chi connectivity index (χ3v) is 4.03. The topological polar surface area (TPSA) is 101 Å². The van der Waals surface area contributed by atoms with Gasteiger partial charge in [0.1, 0.15) is 0 Å². The SMILES string of the molecule is CC(C(=O)O)S(=O)(=O)NCCc1cnn(C)c1. The lowest BCUT2D eigenvalue weighted by Crippen LogP contribution is -2.38. The Morgan fingerprint density at radius 1 is 1.65 bits per heavy atom. The van der Waals surface area contributed by atoms with Gasteiger partial charge in [0.25, 0.3) is 0 Å². The summed E-state index contributed by atoms with van der Waals surface area (Å²) >= 11 is 0. The average Bonchev–Trinajstić information content (AvgIpc) is 2.62. The fourth-order valence-corrected chi connectivity index (χ4v) is 2.10. The van der Waals surface area contributed by atoms with Crippen LogP contribution in [0.2, 0.25) is 0 Å². The van der Waals surface area contributed by atoms with Crippen molar-refractivity contribution in [1.29, 1.82) is 0 Å². The van der Waals surface area contributed by atoms with Crippen molar-refractivity contribution in [3.8, 4) is 0 Å². The molecule has 17 heavy (non-hydrogen) atoms. The van der Waals surface area contributed by atoms with Crippen LogP contribution in [0.15, 0.2) is 12.4 Å². The number of aryl methyl sites for hydroxylation is 1. The maximum atomic E-state index is 11.5. The molecule has 1 unspecified atom stereocenters. The van der Waals surface area contributed by atoms with E-state index in [2.05, 4.69) is 9.82 Å². The first-order valence-electron chi connectivity index (χ1n) is 5.01. The minimum Gasteiger partial charge on any atom is -0.480 e. The number of hydrogen-bond acceptors (Lipinski definition) is 4. The van der Waals surface area contributed by atoms with Gasteiger partial charge in [0, 0.05) is 19.8 Å². The molecule has 1 aromatic heterocycles. The maximum Gasteiger partial charge on any atom is 0.323 e. The quantitative estimate of drug-likeness (QED) is 0.709. The summed E-state index contributed by atoms with van der Waals surface area (Å²) in [6, 6.07) is 0. The van der Waals surface area contributed by atoms with Crippen LogP contribution in [-0.2, 0) is 28.3 Å². The van der Waals surface area contributed by atoms with E-state index in [-0.39, 0.29) is 6.54 Å². The molecule has 96 valence electrons. The highest BCUT2D eigenvalue weighted by molar-refractivity contribution is 7.90. The second-order valence-electron chi connectivity index (χ2n) is 3.69. The van der Waals surface area contributed by atoms with Crippen molar-refractivity contribution in [2.24, 2.45) is 7.05 Å². The molecule has 0 spiro atoms. The molecule has 0 fully saturated rings. The summed E-state index contributed by atoms with van der Waals surface area (Å²) < 4.78 is 26.8. The monoisotopic (exact) mass is 261 g/mol. The van der Waals surface area contributed by atoms with E-state index in [0.717, 1.165) is 12.5 Å². The number of carbonyl (C=O) groups is 1. The van der Waals surface area contributed by atoms with Gasteiger partial charge in [0.05, 0.1) is 6.20 Å². The normalized spacial score (nSPS) is 13.5. The van der Waals surface area contributed by atoms with E-state index in [4.69, 9.17) is 5.11 Å². The Hall–Kier alpha value is -1.41. The van der Waals surface area contributed by atoms with Gasteiger partial charge in [-0.25, -0.2) is 13.1 Å². The standard InChI is InChI=1S/C9H15N3O4S/c1-7(9(13)14)17(15,16)11-4-3-8-5-10-12(2)6-8/h5-7,11H,3-4H2,1-2H3,(H,13,14). The molecule has 1 rings (SSSR count). The van der Waals surface area contributed by atoms with E-state index in [1.807, 2.05) is 0 Å². The number of hydrogen-bond donors (Lipinski definition) is 2. The average molecular weight is 261 g/mol. The summed E-state index contributed by atoms with van der Waals surface area (Å²) in [5.41, 5.74) is 0.887. The van der Waals surface area contributed by atoms with E-state index in [9.17, 15) is 13.2 Å². The minimum atomic E-state index is -3.80. The molecule has 1 atom stereocenters. The van der Waals surface area contributed by atoms with E-state index in [1.54, 1.807) is 24.1 Å². The van der Waals surface area contributed by atoms with E-state index in [1.165, 1.54) is 0 Å². The van der Waals surface area contributed by atoms with E-state index >= 15 is 0 Å². The Morgan fingerprint density at radius 2 is 2.29 bits per heavy atom. The van der Waals surface area contributed by atoms with Crippen molar-refractivity contribution < 1.29 is 18.3 Å². The van der Waals surface area contributed by atoms with Gasteiger partial charge in [-0.15, -0.1) is 0 Å². The Balaban J connectivity index is 2.48. The highest BCUT2D eigenvalue weighted by atomic mass is 32.2. The van der Waals surface area contributed by atoms with E-state index in [0.29, 0.717) is 6.42 Å². The molecule has 0 amide bonds. The molecule has 2 N–H and O–H groups in total. The summed E-state index contributed by atoms with van der Waals surface area (Å²) in [7, 11) is -2.04. The lowest BCUT2D eigenvalue weighted by Gasteiger charge is -2.09. The predicted molar refractivity (Wildman–Crippen MR) is 60.9 cm³/mol. The maximum absolute atomic E-state index is 11.5. The number of nitrogens with zero attached hydrogens (tertiary/aromatic N) is 2. The van der Waals surface area contributed by atoms with Crippen molar-refractivity contribution in [1.82, 2.24) is 14.5 Å². The molecule has 0 saturated heterocycles. The number of nitrogens with one attached hydrogen (secondary N) is 1. The number of rotatable bonds is 6. The molecule has 8 heteroatoms. The first kappa shape index (κ1) is 13.7. The molecule has 0 aliphatic rings. The fourth-order valence-electron chi connectivity index (χ4n) is 1.20. The number of carboxylic acids is 1. The van der Waals surface area contributed by atoms with Gasteiger partial charge in [-0.3, -0.25) is 9.48 Å². The van der Waals surface area contributed by atoms with Gasteiger partial charge in [0.2, 0.25) is 10.0 Å². The van der Waals surface area contributed by atoms with Crippen LogP contribution < -0.4 is 4.72 Å². The molecule has 7 nitrogen and oxygen atoms in total. The summed E-state index contributed by atoms with van der Waals surface area (Å²) in [5, 5.41) is 11.1. The molecule has 0 aliphatic carbocycles. The molecule has 0 bridgehead atoms. The molecule has 0 radical (unpaired) electrons. The highest BCUT2D eigenvalue weighted by Gasteiger charge is 2.26. The Bertz CT molecular complexity index is 494. The van der Waals surface area contributed by atoms with Crippen LogP contribution in [0.25, 0.3) is 0 Å². The third kappa shape index (κ3) is 3.82. The van der Waals surface area contributed by atoms with Gasteiger partial charge < -0.3 is 5.11 Å². The molecule has 0 aromatic carbocycles. The highest BCUT2D eigenvalue weighted by Crippen LogP contribution is 2.00. The third-order valence-electron chi connectivity index (χ3n) is 2.29. The van der Waals surface area contributed by atoms with Crippen LogP contribution >= 0.6 is 0 Å². The zero-order chi connectivity index (χ0) is 13.1. The van der Waals surface area contributed by atoms with Crippen molar-refractivity contribution in [2.45, 2.75) is 18.6 Å². The lowest BCUT2D eigenvalue weighted by molar-refractivity contribution is -0.136. The van der Waals surface area contributed by atoms with Crippen molar-refractivity contribution >= 4 is 16.0 Å². The second kappa shape index (κ2) is 5.28. The van der Waals surface area contributed by atoms with Crippen molar-refractivity contribution in [3.63, 3.8) is 0 Å². The Morgan fingerprint density at radius 3 is 2.76 bits per heavy atom. The molecular formula is C9H15N3O4S. The van der Waals surface area contributed by atoms with Crippen molar-refractivity contribution in [3.05, 3.63) is 18.0 Å². The fraction of sp³-hybridized carbons (Fsp3) is 0.556. The van der Waals surface area contributed by atoms with E-state index < -0.39 is 21.2 Å². The van der Waals surface area contributed by atoms with Gasteiger partial charge in [0.15, 0.2) is 5.25 Å². The van der Waals surface area contributed by atoms with Gasteiger partial charge in [-0.1, -0.05) is 0 Å². The predicted octanol–water partition coefficient (Wildman–Crippen LogP) is -0.645. The number of carboxylic acid groups (broad SMARTS) is 1. The van der Waals surface area contributed by atoms with Crippen LogP contribution in [0.4, 0.5) is 0 Å². The molecule has 1 aromatic rings. The van der Waals surface area contributed by atoms with Gasteiger partial charge in [-0.2, -0.15) is 5.10 Å². The first-order valence-corrected chi connectivity index (χ1v) is 6.56. The smallest absolute Gasteiger partial charge is 0.323 e. The van der Waals surface area contributed by atoms with Crippen LogP contribution in [0.5, 0.6) is 0 Å². The number of sulfonamides is 1. The molecular weight excluding hydrogens is 246 g/mol. The molecule has 1 heterocycles. The molecule has 0 aliphatic heterocycles. The zero-order valence-electron chi connectivity index (χ0n) is 9.62. The molecule has 0 saturated carbocycles.